The average Bonchev–Trinajstić information content (AvgIpc) is 3.03. The minimum Gasteiger partial charge on any atom is -0.452 e. The number of ether oxygens (including phenoxy) is 1. The van der Waals surface area contributed by atoms with Gasteiger partial charge in [-0.15, -0.1) is 0 Å². The normalized spacial score (nSPS) is 12.4. The molecule has 0 aromatic heterocycles. The van der Waals surface area contributed by atoms with Gasteiger partial charge in [-0.05, 0) is 36.2 Å². The molecule has 3 rings (SSSR count). The molecule has 1 amide bonds. The van der Waals surface area contributed by atoms with Gasteiger partial charge in [-0.2, -0.15) is 5.26 Å². The van der Waals surface area contributed by atoms with Gasteiger partial charge >= 0.3 is 5.97 Å². The van der Waals surface area contributed by atoms with Crippen LogP contribution >= 0.6 is 0 Å². The Bertz CT molecular complexity index is 858. The van der Waals surface area contributed by atoms with Crippen molar-refractivity contribution in [2.24, 2.45) is 0 Å². The maximum absolute atomic E-state index is 13.8. The molecular weight excluding hydrogens is 311 g/mol. The summed E-state index contributed by atoms with van der Waals surface area (Å²) in [6, 6.07) is 12.7. The van der Waals surface area contributed by atoms with E-state index in [1.165, 1.54) is 12.1 Å². The van der Waals surface area contributed by atoms with Crippen molar-refractivity contribution in [3.05, 3.63) is 65.0 Å². The van der Waals surface area contributed by atoms with Crippen molar-refractivity contribution in [1.29, 1.82) is 5.26 Å². The number of para-hydroxylation sites is 1. The Morgan fingerprint density at radius 1 is 1.25 bits per heavy atom. The van der Waals surface area contributed by atoms with Gasteiger partial charge < -0.3 is 9.64 Å². The molecule has 5 nitrogen and oxygen atoms in total. The highest BCUT2D eigenvalue weighted by atomic mass is 19.1. The molecule has 0 radical (unpaired) electrons. The molecule has 0 N–H and O–H groups in total. The van der Waals surface area contributed by atoms with Gasteiger partial charge in [-0.3, -0.25) is 4.79 Å². The number of hydrogen-bond acceptors (Lipinski definition) is 4. The van der Waals surface area contributed by atoms with Gasteiger partial charge in [0.15, 0.2) is 6.61 Å². The number of carbonyl (C=O) groups is 2. The highest BCUT2D eigenvalue weighted by molar-refractivity contribution is 5.98. The lowest BCUT2D eigenvalue weighted by atomic mass is 10.1. The number of rotatable bonds is 3. The van der Waals surface area contributed by atoms with E-state index in [4.69, 9.17) is 10.00 Å². The van der Waals surface area contributed by atoms with E-state index in [1.54, 1.807) is 11.0 Å². The van der Waals surface area contributed by atoms with Crippen molar-refractivity contribution in [2.75, 3.05) is 18.1 Å². The molecule has 0 saturated carbocycles. The fourth-order valence-electron chi connectivity index (χ4n) is 2.63. The topological polar surface area (TPSA) is 70.4 Å². The van der Waals surface area contributed by atoms with E-state index in [9.17, 15) is 14.0 Å². The van der Waals surface area contributed by atoms with Crippen LogP contribution in [0.5, 0.6) is 0 Å². The number of fused-ring (bicyclic) bond motifs is 1. The molecule has 0 spiro atoms. The zero-order chi connectivity index (χ0) is 17.1. The van der Waals surface area contributed by atoms with Gasteiger partial charge in [0, 0.05) is 12.2 Å². The Hall–Kier alpha value is -3.20. The first kappa shape index (κ1) is 15.7. The predicted molar refractivity (Wildman–Crippen MR) is 83.9 cm³/mol. The van der Waals surface area contributed by atoms with Crippen molar-refractivity contribution in [1.82, 2.24) is 0 Å². The minimum atomic E-state index is -0.933. The van der Waals surface area contributed by atoms with Crippen LogP contribution in [0.2, 0.25) is 0 Å². The molecule has 24 heavy (non-hydrogen) atoms. The molecule has 1 aliphatic rings. The molecule has 0 bridgehead atoms. The van der Waals surface area contributed by atoms with Crippen LogP contribution in [0.15, 0.2) is 42.5 Å². The van der Waals surface area contributed by atoms with E-state index in [0.29, 0.717) is 6.54 Å². The molecule has 2 aromatic rings. The third-order valence-electron chi connectivity index (χ3n) is 3.83. The highest BCUT2D eigenvalue weighted by Crippen LogP contribution is 2.27. The Morgan fingerprint density at radius 2 is 2.04 bits per heavy atom. The van der Waals surface area contributed by atoms with Crippen LogP contribution in [0.3, 0.4) is 0 Å². The zero-order valence-electron chi connectivity index (χ0n) is 12.7. The van der Waals surface area contributed by atoms with Crippen molar-refractivity contribution >= 4 is 17.6 Å². The average molecular weight is 324 g/mol. The van der Waals surface area contributed by atoms with Crippen LogP contribution in [0.1, 0.15) is 21.5 Å². The number of esters is 1. The molecule has 0 atom stereocenters. The van der Waals surface area contributed by atoms with E-state index < -0.39 is 18.4 Å². The summed E-state index contributed by atoms with van der Waals surface area (Å²) in [5.74, 6) is -2.14. The molecule has 120 valence electrons. The second-order valence-corrected chi connectivity index (χ2v) is 5.31. The van der Waals surface area contributed by atoms with Gasteiger partial charge in [0.2, 0.25) is 0 Å². The fourth-order valence-corrected chi connectivity index (χ4v) is 2.63. The maximum Gasteiger partial charge on any atom is 0.341 e. The van der Waals surface area contributed by atoms with E-state index in [1.807, 2.05) is 24.3 Å². The van der Waals surface area contributed by atoms with Gasteiger partial charge in [0.25, 0.3) is 5.91 Å². The van der Waals surface area contributed by atoms with Crippen LogP contribution in [0, 0.1) is 17.1 Å². The molecule has 0 unspecified atom stereocenters. The Labute approximate surface area is 137 Å². The Morgan fingerprint density at radius 3 is 2.79 bits per heavy atom. The summed E-state index contributed by atoms with van der Waals surface area (Å²) >= 11 is 0. The third-order valence-corrected chi connectivity index (χ3v) is 3.83. The van der Waals surface area contributed by atoms with E-state index in [2.05, 4.69) is 0 Å². The van der Waals surface area contributed by atoms with Crippen LogP contribution in [0.4, 0.5) is 10.1 Å². The largest absolute Gasteiger partial charge is 0.452 e. The van der Waals surface area contributed by atoms with Crippen molar-refractivity contribution in [2.45, 2.75) is 6.42 Å². The van der Waals surface area contributed by atoms with Crippen LogP contribution in [-0.2, 0) is 16.0 Å². The van der Waals surface area contributed by atoms with E-state index in [0.717, 1.165) is 23.7 Å². The smallest absolute Gasteiger partial charge is 0.341 e. The molecular formula is C18H13FN2O3. The van der Waals surface area contributed by atoms with Crippen LogP contribution < -0.4 is 4.90 Å². The number of anilines is 1. The number of carbonyl (C=O) groups excluding carboxylic acids is 2. The summed E-state index contributed by atoms with van der Waals surface area (Å²) < 4.78 is 18.7. The highest BCUT2D eigenvalue weighted by Gasteiger charge is 2.25. The lowest BCUT2D eigenvalue weighted by Crippen LogP contribution is -2.33. The van der Waals surface area contributed by atoms with Crippen molar-refractivity contribution in [3.63, 3.8) is 0 Å². The van der Waals surface area contributed by atoms with Gasteiger partial charge in [0.1, 0.15) is 5.82 Å². The van der Waals surface area contributed by atoms with Crippen molar-refractivity contribution < 1.29 is 18.7 Å². The molecule has 1 aliphatic heterocycles. The summed E-state index contributed by atoms with van der Waals surface area (Å²) in [7, 11) is 0. The second kappa shape index (κ2) is 6.50. The molecule has 1 heterocycles. The first-order valence-electron chi connectivity index (χ1n) is 7.35. The zero-order valence-corrected chi connectivity index (χ0v) is 12.7. The van der Waals surface area contributed by atoms with Gasteiger partial charge in [-0.1, -0.05) is 18.2 Å². The first-order valence-corrected chi connectivity index (χ1v) is 7.35. The summed E-state index contributed by atoms with van der Waals surface area (Å²) in [6.07, 6.45) is 0.750. The molecule has 6 heteroatoms. The summed E-state index contributed by atoms with van der Waals surface area (Å²) in [4.78, 5) is 25.7. The molecule has 0 aliphatic carbocycles. The standard InChI is InChI=1S/C18H13FN2O3/c19-15-9-12(10-20)5-6-14(15)18(23)24-11-17(22)21-8-7-13-3-1-2-4-16(13)21/h1-6,9H,7-8,11H2. The Balaban J connectivity index is 1.65. The maximum atomic E-state index is 13.8. The number of nitriles is 1. The monoisotopic (exact) mass is 324 g/mol. The van der Waals surface area contributed by atoms with Gasteiger partial charge in [-0.25, -0.2) is 9.18 Å². The van der Waals surface area contributed by atoms with E-state index >= 15 is 0 Å². The third kappa shape index (κ3) is 2.97. The number of hydrogen-bond donors (Lipinski definition) is 0. The Kier molecular flexibility index (Phi) is 4.25. The first-order chi connectivity index (χ1) is 11.6. The second-order valence-electron chi connectivity index (χ2n) is 5.31. The molecule has 2 aromatic carbocycles. The minimum absolute atomic E-state index is 0.105. The number of halogens is 1. The number of benzene rings is 2. The summed E-state index contributed by atoms with van der Waals surface area (Å²) in [6.45, 7) is 0.0631. The summed E-state index contributed by atoms with van der Waals surface area (Å²) in [5.41, 5.74) is 1.68. The quantitative estimate of drug-likeness (QED) is 0.813. The van der Waals surface area contributed by atoms with Crippen molar-refractivity contribution in [3.8, 4) is 6.07 Å². The molecule has 0 saturated heterocycles. The number of nitrogens with zero attached hydrogens (tertiary/aromatic N) is 2. The van der Waals surface area contributed by atoms with E-state index in [-0.39, 0.29) is 17.0 Å². The molecule has 0 fully saturated rings. The van der Waals surface area contributed by atoms with Crippen LogP contribution in [-0.4, -0.2) is 25.0 Å². The predicted octanol–water partition coefficient (Wildman–Crippen LogP) is 2.44. The fraction of sp³-hybridized carbons (Fsp3) is 0.167. The SMILES string of the molecule is N#Cc1ccc(C(=O)OCC(=O)N2CCc3ccccc32)c(F)c1. The lowest BCUT2D eigenvalue weighted by Gasteiger charge is -2.17. The number of amides is 1. The van der Waals surface area contributed by atoms with Crippen LogP contribution in [0.25, 0.3) is 0 Å². The lowest BCUT2D eigenvalue weighted by molar-refractivity contribution is -0.121. The summed E-state index contributed by atoms with van der Waals surface area (Å²) in [5, 5.41) is 8.69. The van der Waals surface area contributed by atoms with Gasteiger partial charge in [0.05, 0.1) is 17.2 Å².